The van der Waals surface area contributed by atoms with Crippen molar-refractivity contribution in [1.82, 2.24) is 24.4 Å². The number of aromatic hydroxyl groups is 1. The molecule has 1 unspecified atom stereocenters. The molecule has 0 spiro atoms. The number of phenols is 1. The number of likely N-dealkylation sites (N-methyl/N-ethyl adjacent to an activating group) is 1. The normalized spacial score (nSPS) is 16.3. The summed E-state index contributed by atoms with van der Waals surface area (Å²) in [5.74, 6) is -2.66. The number of amides is 1. The van der Waals surface area contributed by atoms with E-state index >= 15 is 8.78 Å². The van der Waals surface area contributed by atoms with Gasteiger partial charge in [0.15, 0.2) is 5.82 Å². The predicted molar refractivity (Wildman–Crippen MR) is 174 cm³/mol. The highest BCUT2D eigenvalue weighted by atomic mass is 35.5. The van der Waals surface area contributed by atoms with E-state index in [0.717, 1.165) is 6.07 Å². The minimum atomic E-state index is -0.892. The summed E-state index contributed by atoms with van der Waals surface area (Å²) in [4.78, 5) is 45.8. The van der Waals surface area contributed by atoms with Gasteiger partial charge in [-0.15, -0.1) is 0 Å². The number of hydrogen-bond acceptors (Lipinski definition) is 8. The molecule has 2 aromatic heterocycles. The third kappa shape index (κ3) is 4.77. The summed E-state index contributed by atoms with van der Waals surface area (Å²) < 4.78 is 33.9. The molecule has 0 bridgehead atoms. The standard InChI is InChI=1S/C33H34ClF2N7O3/c1-7-21(45)41-11-12-42-18(14-41)13-40(6)30-24-29(25(34)23(26(30)36)22-19(35)9-8-10-20(22)44)43(33(46)39-32(24)42)31-27(16(2)3)37-15-38-28(31)17(4)5/h7-10,15-18,44H,1,11-14H2,2-6H3. The summed E-state index contributed by atoms with van der Waals surface area (Å²) in [6, 6.07) is 3.27. The van der Waals surface area contributed by atoms with E-state index < -0.39 is 34.2 Å². The highest BCUT2D eigenvalue weighted by Gasteiger charge is 2.39. The number of hydrogen-bond donors (Lipinski definition) is 1. The Kier molecular flexibility index (Phi) is 7.95. The molecule has 4 aromatic rings. The van der Waals surface area contributed by atoms with E-state index in [2.05, 4.69) is 21.5 Å². The van der Waals surface area contributed by atoms with Crippen LogP contribution in [0.5, 0.6) is 5.75 Å². The van der Waals surface area contributed by atoms with Crippen LogP contribution >= 0.6 is 11.6 Å². The van der Waals surface area contributed by atoms with Crippen molar-refractivity contribution in [1.29, 1.82) is 0 Å². The lowest BCUT2D eigenvalue weighted by atomic mass is 9.97. The minimum Gasteiger partial charge on any atom is -0.507 e. The van der Waals surface area contributed by atoms with E-state index in [4.69, 9.17) is 11.6 Å². The van der Waals surface area contributed by atoms with Crippen molar-refractivity contribution in [2.75, 3.05) is 43.0 Å². The number of anilines is 2. The number of piperazine rings is 1. The van der Waals surface area contributed by atoms with Crippen LogP contribution in [0.25, 0.3) is 27.7 Å². The first kappa shape index (κ1) is 31.4. The lowest BCUT2D eigenvalue weighted by Crippen LogP contribution is -2.57. The van der Waals surface area contributed by atoms with Gasteiger partial charge >= 0.3 is 5.69 Å². The van der Waals surface area contributed by atoms with Crippen molar-refractivity contribution in [3.05, 3.63) is 75.7 Å². The molecular weight excluding hydrogens is 616 g/mol. The molecule has 46 heavy (non-hydrogen) atoms. The second-order valence-electron chi connectivity index (χ2n) is 12.3. The predicted octanol–water partition coefficient (Wildman–Crippen LogP) is 5.38. The molecule has 1 N–H and O–H groups in total. The number of carbonyl (C=O) groups is 1. The number of benzene rings is 2. The second kappa shape index (κ2) is 11.7. The Morgan fingerprint density at radius 1 is 1.07 bits per heavy atom. The summed E-state index contributed by atoms with van der Waals surface area (Å²) in [6.45, 7) is 12.4. The maximum Gasteiger partial charge on any atom is 0.354 e. The molecule has 1 fully saturated rings. The van der Waals surface area contributed by atoms with Crippen LogP contribution in [0.15, 0.2) is 42.0 Å². The number of fused-ring (bicyclic) bond motifs is 2. The Labute approximate surface area is 269 Å². The first-order valence-electron chi connectivity index (χ1n) is 15.1. The van der Waals surface area contributed by atoms with Gasteiger partial charge in [-0.2, -0.15) is 4.98 Å². The van der Waals surface area contributed by atoms with Gasteiger partial charge in [0.25, 0.3) is 0 Å². The van der Waals surface area contributed by atoms with E-state index in [1.165, 1.54) is 29.1 Å². The lowest BCUT2D eigenvalue weighted by molar-refractivity contribution is -0.126. The number of carbonyl (C=O) groups excluding carboxylic acids is 1. The average Bonchev–Trinajstić information content (AvgIpc) is 3.13. The van der Waals surface area contributed by atoms with Crippen molar-refractivity contribution >= 4 is 39.9 Å². The monoisotopic (exact) mass is 649 g/mol. The SMILES string of the molecule is C=CC(=O)N1CCN2c3nc(=O)n(-c4c(C(C)C)ncnc4C(C)C)c4c(Cl)c(-c5c(O)cccc5F)c(F)c(c34)N(C)CC2C1. The Morgan fingerprint density at radius 3 is 2.35 bits per heavy atom. The second-order valence-corrected chi connectivity index (χ2v) is 12.7. The molecule has 2 aromatic carbocycles. The number of aromatic nitrogens is 4. The fourth-order valence-electron chi connectivity index (χ4n) is 6.64. The molecule has 13 heteroatoms. The van der Waals surface area contributed by atoms with Crippen LogP contribution in [0.1, 0.15) is 50.9 Å². The molecule has 1 amide bonds. The smallest absolute Gasteiger partial charge is 0.354 e. The Hall–Kier alpha value is -4.58. The van der Waals surface area contributed by atoms with E-state index in [-0.39, 0.29) is 64.3 Å². The van der Waals surface area contributed by atoms with Crippen molar-refractivity contribution in [2.45, 2.75) is 45.6 Å². The minimum absolute atomic E-state index is 0.0262. The van der Waals surface area contributed by atoms with Crippen LogP contribution in [0.3, 0.4) is 0 Å². The highest BCUT2D eigenvalue weighted by molar-refractivity contribution is 6.39. The molecule has 240 valence electrons. The number of phenolic OH excluding ortho intramolecular Hbond substituents is 1. The molecule has 2 aliphatic rings. The zero-order valence-electron chi connectivity index (χ0n) is 26.2. The molecule has 0 saturated carbocycles. The van der Waals surface area contributed by atoms with Crippen LogP contribution in [0.4, 0.5) is 20.3 Å². The first-order valence-corrected chi connectivity index (χ1v) is 15.4. The summed E-state index contributed by atoms with van der Waals surface area (Å²) in [5.41, 5.74) is 0.0324. The Balaban J connectivity index is 1.81. The zero-order chi connectivity index (χ0) is 33.2. The quantitative estimate of drug-likeness (QED) is 0.287. The van der Waals surface area contributed by atoms with Crippen LogP contribution < -0.4 is 15.5 Å². The Bertz CT molecular complexity index is 1930. The van der Waals surface area contributed by atoms with Gasteiger partial charge in [0.1, 0.15) is 23.7 Å². The van der Waals surface area contributed by atoms with Gasteiger partial charge in [0, 0.05) is 38.8 Å². The van der Waals surface area contributed by atoms with E-state index in [1.807, 2.05) is 32.6 Å². The molecule has 0 aliphatic carbocycles. The molecule has 4 heterocycles. The lowest BCUT2D eigenvalue weighted by Gasteiger charge is -2.41. The van der Waals surface area contributed by atoms with Gasteiger partial charge in [-0.05, 0) is 30.0 Å². The van der Waals surface area contributed by atoms with Crippen molar-refractivity contribution < 1.29 is 18.7 Å². The molecule has 10 nitrogen and oxygen atoms in total. The topological polar surface area (TPSA) is 108 Å². The number of nitrogens with zero attached hydrogens (tertiary/aromatic N) is 7. The number of rotatable bonds is 5. The fourth-order valence-corrected chi connectivity index (χ4v) is 7.00. The summed E-state index contributed by atoms with van der Waals surface area (Å²) in [7, 11) is 1.68. The van der Waals surface area contributed by atoms with E-state index in [9.17, 15) is 14.7 Å². The zero-order valence-corrected chi connectivity index (χ0v) is 26.9. The van der Waals surface area contributed by atoms with Gasteiger partial charge in [-0.25, -0.2) is 23.5 Å². The molecule has 0 radical (unpaired) electrons. The summed E-state index contributed by atoms with van der Waals surface area (Å²) in [5, 5.41) is 10.8. The first-order chi connectivity index (χ1) is 21.9. The number of halogens is 3. The van der Waals surface area contributed by atoms with Gasteiger partial charge in [-0.1, -0.05) is 51.9 Å². The van der Waals surface area contributed by atoms with Crippen molar-refractivity contribution in [3.8, 4) is 22.6 Å². The van der Waals surface area contributed by atoms with Gasteiger partial charge in [0.05, 0.1) is 50.3 Å². The maximum atomic E-state index is 17.1. The van der Waals surface area contributed by atoms with Gasteiger partial charge in [-0.3, -0.25) is 9.36 Å². The Morgan fingerprint density at radius 2 is 1.74 bits per heavy atom. The van der Waals surface area contributed by atoms with Gasteiger partial charge in [0.2, 0.25) is 5.91 Å². The maximum absolute atomic E-state index is 17.1. The van der Waals surface area contributed by atoms with E-state index in [0.29, 0.717) is 30.2 Å². The molecule has 2 aliphatic heterocycles. The highest BCUT2D eigenvalue weighted by Crippen LogP contribution is 2.50. The third-order valence-electron chi connectivity index (χ3n) is 8.71. The van der Waals surface area contributed by atoms with E-state index in [1.54, 1.807) is 16.8 Å². The van der Waals surface area contributed by atoms with Crippen LogP contribution in [-0.4, -0.2) is 74.7 Å². The van der Waals surface area contributed by atoms with Crippen LogP contribution in [-0.2, 0) is 4.79 Å². The summed E-state index contributed by atoms with van der Waals surface area (Å²) >= 11 is 7.15. The van der Waals surface area contributed by atoms with Crippen LogP contribution in [0, 0.1) is 11.6 Å². The van der Waals surface area contributed by atoms with Crippen LogP contribution in [0.2, 0.25) is 5.02 Å². The molecule has 1 saturated heterocycles. The molecule has 1 atom stereocenters. The molecule has 6 rings (SSSR count). The summed E-state index contributed by atoms with van der Waals surface area (Å²) in [6.07, 6.45) is 2.69. The fraction of sp³-hybridized carbons (Fsp3) is 0.364. The van der Waals surface area contributed by atoms with Crippen molar-refractivity contribution in [3.63, 3.8) is 0 Å². The average molecular weight is 650 g/mol. The molecular formula is C33H34ClF2N7O3. The largest absolute Gasteiger partial charge is 0.507 e. The van der Waals surface area contributed by atoms with Gasteiger partial charge < -0.3 is 19.8 Å². The third-order valence-corrected chi connectivity index (χ3v) is 9.08. The van der Waals surface area contributed by atoms with Crippen molar-refractivity contribution in [2.24, 2.45) is 0 Å².